The Morgan fingerprint density at radius 3 is 2.17 bits per heavy atom. The second-order valence-corrected chi connectivity index (χ2v) is 7.47. The molecule has 170 valence electrons. The zero-order chi connectivity index (χ0) is 22.3. The molecular formula is C21H25F7O2. The van der Waals surface area contributed by atoms with Gasteiger partial charge in [0, 0.05) is 0 Å². The van der Waals surface area contributed by atoms with Crippen LogP contribution in [0.1, 0.15) is 51.0 Å². The molecule has 0 amide bonds. The van der Waals surface area contributed by atoms with E-state index in [0.717, 1.165) is 25.7 Å². The third-order valence-corrected chi connectivity index (χ3v) is 5.30. The second kappa shape index (κ2) is 11.0. The molecule has 0 heterocycles. The highest BCUT2D eigenvalue weighted by Gasteiger charge is 2.35. The SMILES string of the molecule is C/C=C/CCC1CCC(C(OCc2cc(F)c(OC(F)(F)F)c(F)c2)C(F)F)CC1. The van der Waals surface area contributed by atoms with Gasteiger partial charge in [0.1, 0.15) is 6.10 Å². The molecule has 1 saturated carbocycles. The van der Waals surface area contributed by atoms with Crippen LogP contribution in [0.2, 0.25) is 0 Å². The van der Waals surface area contributed by atoms with Crippen LogP contribution in [0.15, 0.2) is 24.3 Å². The Labute approximate surface area is 171 Å². The van der Waals surface area contributed by atoms with Crippen molar-refractivity contribution in [3.8, 4) is 5.75 Å². The summed E-state index contributed by atoms with van der Waals surface area (Å²) in [7, 11) is 0. The number of benzene rings is 1. The third kappa shape index (κ3) is 7.49. The molecule has 0 spiro atoms. The van der Waals surface area contributed by atoms with E-state index in [9.17, 15) is 30.7 Å². The van der Waals surface area contributed by atoms with E-state index in [1.165, 1.54) is 0 Å². The molecule has 1 aromatic carbocycles. The Morgan fingerprint density at radius 1 is 1.07 bits per heavy atom. The highest BCUT2D eigenvalue weighted by Crippen LogP contribution is 2.36. The first-order valence-corrected chi connectivity index (χ1v) is 9.85. The number of halogens is 7. The average Bonchev–Trinajstić information content (AvgIpc) is 2.65. The van der Waals surface area contributed by atoms with Crippen LogP contribution in [-0.4, -0.2) is 18.9 Å². The molecule has 1 unspecified atom stereocenters. The molecule has 1 aromatic rings. The lowest BCUT2D eigenvalue weighted by atomic mass is 9.77. The fourth-order valence-electron chi connectivity index (χ4n) is 3.82. The van der Waals surface area contributed by atoms with Crippen LogP contribution < -0.4 is 4.74 Å². The standard InChI is InChI=1S/C21H25F7O2/c1-2-3-4-5-13-6-8-15(9-7-13)18(20(24)25)29-12-14-10-16(22)19(17(23)11-14)30-21(26,27)28/h2-3,10-11,13,15,18,20H,4-9,12H2,1H3/b3-2+. The van der Waals surface area contributed by atoms with Gasteiger partial charge in [-0.3, -0.25) is 0 Å². The van der Waals surface area contributed by atoms with Crippen molar-refractivity contribution in [3.05, 3.63) is 41.5 Å². The van der Waals surface area contributed by atoms with Crippen molar-refractivity contribution in [2.45, 2.75) is 70.9 Å². The fourth-order valence-corrected chi connectivity index (χ4v) is 3.82. The van der Waals surface area contributed by atoms with Gasteiger partial charge >= 0.3 is 6.36 Å². The zero-order valence-electron chi connectivity index (χ0n) is 16.5. The second-order valence-electron chi connectivity index (χ2n) is 7.47. The summed E-state index contributed by atoms with van der Waals surface area (Å²) in [6.45, 7) is 1.40. The Balaban J connectivity index is 1.95. The number of allylic oxidation sites excluding steroid dienone is 2. The predicted octanol–water partition coefficient (Wildman–Crippen LogP) is 7.18. The van der Waals surface area contributed by atoms with E-state index >= 15 is 0 Å². The van der Waals surface area contributed by atoms with Crippen molar-refractivity contribution in [1.82, 2.24) is 0 Å². The van der Waals surface area contributed by atoms with Gasteiger partial charge in [-0.25, -0.2) is 17.6 Å². The van der Waals surface area contributed by atoms with Gasteiger partial charge in [-0.2, -0.15) is 0 Å². The quantitative estimate of drug-likeness (QED) is 0.298. The molecule has 1 fully saturated rings. The maximum Gasteiger partial charge on any atom is 0.573 e. The molecule has 2 rings (SSSR count). The van der Waals surface area contributed by atoms with Gasteiger partial charge in [0.15, 0.2) is 11.6 Å². The van der Waals surface area contributed by atoms with E-state index in [-0.39, 0.29) is 11.5 Å². The van der Waals surface area contributed by atoms with Gasteiger partial charge in [0.25, 0.3) is 6.43 Å². The summed E-state index contributed by atoms with van der Waals surface area (Å²) in [5.41, 5.74) is -0.190. The Morgan fingerprint density at radius 2 is 1.67 bits per heavy atom. The normalized spacial score (nSPS) is 21.4. The van der Waals surface area contributed by atoms with Crippen molar-refractivity contribution in [2.75, 3.05) is 0 Å². The Hall–Kier alpha value is -1.77. The van der Waals surface area contributed by atoms with Gasteiger partial charge in [-0.15, -0.1) is 13.2 Å². The summed E-state index contributed by atoms with van der Waals surface area (Å²) in [4.78, 5) is 0. The molecule has 0 aliphatic heterocycles. The molecule has 1 aliphatic rings. The van der Waals surface area contributed by atoms with Crippen molar-refractivity contribution in [1.29, 1.82) is 0 Å². The topological polar surface area (TPSA) is 18.5 Å². The van der Waals surface area contributed by atoms with E-state index < -0.39 is 42.9 Å². The van der Waals surface area contributed by atoms with Crippen molar-refractivity contribution >= 4 is 0 Å². The average molecular weight is 442 g/mol. The summed E-state index contributed by atoms with van der Waals surface area (Å²) in [5.74, 6) is -4.67. The van der Waals surface area contributed by atoms with Gasteiger partial charge in [0.05, 0.1) is 6.61 Å². The minimum absolute atomic E-state index is 0.190. The van der Waals surface area contributed by atoms with Crippen LogP contribution >= 0.6 is 0 Å². The first-order chi connectivity index (χ1) is 14.1. The molecule has 9 heteroatoms. The van der Waals surface area contributed by atoms with Crippen LogP contribution in [0.3, 0.4) is 0 Å². The molecular weight excluding hydrogens is 417 g/mol. The van der Waals surface area contributed by atoms with Crippen LogP contribution in [0.5, 0.6) is 5.75 Å². The van der Waals surface area contributed by atoms with Gasteiger partial charge in [-0.05, 0) is 62.1 Å². The monoisotopic (exact) mass is 442 g/mol. The third-order valence-electron chi connectivity index (χ3n) is 5.30. The maximum absolute atomic E-state index is 13.8. The molecule has 0 saturated heterocycles. The van der Waals surface area contributed by atoms with Crippen LogP contribution in [0, 0.1) is 23.5 Å². The summed E-state index contributed by atoms with van der Waals surface area (Å²) in [6, 6.07) is 1.18. The summed E-state index contributed by atoms with van der Waals surface area (Å²) in [6.07, 6.45) is -0.702. The summed E-state index contributed by atoms with van der Waals surface area (Å²) >= 11 is 0. The molecule has 0 bridgehead atoms. The minimum Gasteiger partial charge on any atom is -0.399 e. The lowest BCUT2D eigenvalue weighted by molar-refractivity contribution is -0.276. The minimum atomic E-state index is -5.26. The zero-order valence-corrected chi connectivity index (χ0v) is 16.5. The molecule has 1 atom stereocenters. The Kier molecular flexibility index (Phi) is 9.00. The van der Waals surface area contributed by atoms with Crippen LogP contribution in [0.25, 0.3) is 0 Å². The highest BCUT2D eigenvalue weighted by molar-refractivity contribution is 5.31. The number of alkyl halides is 5. The number of hydrogen-bond donors (Lipinski definition) is 0. The van der Waals surface area contributed by atoms with Gasteiger partial charge < -0.3 is 9.47 Å². The van der Waals surface area contributed by atoms with Crippen molar-refractivity contribution < 1.29 is 40.2 Å². The van der Waals surface area contributed by atoms with E-state index in [1.54, 1.807) is 0 Å². The largest absolute Gasteiger partial charge is 0.573 e. The summed E-state index contributed by atoms with van der Waals surface area (Å²) < 4.78 is 99.7. The van der Waals surface area contributed by atoms with E-state index in [4.69, 9.17) is 4.74 Å². The van der Waals surface area contributed by atoms with Gasteiger partial charge in [0.2, 0.25) is 5.75 Å². The maximum atomic E-state index is 13.8. The molecule has 0 radical (unpaired) electrons. The lowest BCUT2D eigenvalue weighted by Gasteiger charge is -2.33. The molecule has 2 nitrogen and oxygen atoms in total. The van der Waals surface area contributed by atoms with Crippen LogP contribution in [-0.2, 0) is 11.3 Å². The predicted molar refractivity (Wildman–Crippen MR) is 97.1 cm³/mol. The van der Waals surface area contributed by atoms with E-state index in [1.807, 2.05) is 13.0 Å². The highest BCUT2D eigenvalue weighted by atomic mass is 19.4. The Bertz CT molecular complexity index is 672. The molecule has 0 N–H and O–H groups in total. The van der Waals surface area contributed by atoms with Crippen molar-refractivity contribution in [2.24, 2.45) is 11.8 Å². The lowest BCUT2D eigenvalue weighted by Crippen LogP contribution is -2.34. The first kappa shape index (κ1) is 24.5. The van der Waals surface area contributed by atoms with E-state index in [2.05, 4.69) is 10.8 Å². The molecule has 1 aliphatic carbocycles. The van der Waals surface area contributed by atoms with E-state index in [0.29, 0.717) is 30.9 Å². The fraction of sp³-hybridized carbons (Fsp3) is 0.619. The smallest absolute Gasteiger partial charge is 0.399 e. The number of rotatable bonds is 9. The summed E-state index contributed by atoms with van der Waals surface area (Å²) in [5, 5.41) is 0. The van der Waals surface area contributed by atoms with Crippen LogP contribution in [0.4, 0.5) is 30.7 Å². The van der Waals surface area contributed by atoms with Gasteiger partial charge in [-0.1, -0.05) is 25.0 Å². The number of hydrogen-bond acceptors (Lipinski definition) is 2. The molecule has 30 heavy (non-hydrogen) atoms. The number of ether oxygens (including phenoxy) is 2. The van der Waals surface area contributed by atoms with Crippen molar-refractivity contribution in [3.63, 3.8) is 0 Å². The first-order valence-electron chi connectivity index (χ1n) is 9.85. The molecule has 0 aromatic heterocycles.